The van der Waals surface area contributed by atoms with Gasteiger partial charge in [0.1, 0.15) is 0 Å². The maximum atomic E-state index is 13.9. The van der Waals surface area contributed by atoms with Gasteiger partial charge in [0, 0.05) is 32.7 Å². The van der Waals surface area contributed by atoms with Crippen molar-refractivity contribution in [3.05, 3.63) is 54.1 Å². The normalized spacial score (nSPS) is 25.5. The molecule has 0 aromatic heterocycles. The fraction of sp³-hybridized carbons (Fsp3) is 0.538. The highest BCUT2D eigenvalue weighted by Crippen LogP contribution is 2.59. The molecule has 6 heteroatoms. The van der Waals surface area contributed by atoms with Gasteiger partial charge in [-0.05, 0) is 53.0 Å². The highest BCUT2D eigenvalue weighted by atomic mass is 32.2. The van der Waals surface area contributed by atoms with Crippen LogP contribution in [0.3, 0.4) is 0 Å². The summed E-state index contributed by atoms with van der Waals surface area (Å²) in [6, 6.07) is 13.4. The van der Waals surface area contributed by atoms with Gasteiger partial charge in [-0.1, -0.05) is 55.8 Å². The van der Waals surface area contributed by atoms with Crippen LogP contribution in [0.25, 0.3) is 10.8 Å². The molecule has 0 radical (unpaired) electrons. The van der Waals surface area contributed by atoms with E-state index < -0.39 is 10.0 Å². The van der Waals surface area contributed by atoms with Gasteiger partial charge in [0.2, 0.25) is 10.0 Å². The van der Waals surface area contributed by atoms with Crippen LogP contribution in [0.1, 0.15) is 26.7 Å². The molecule has 2 unspecified atom stereocenters. The zero-order valence-corrected chi connectivity index (χ0v) is 20.0. The second-order valence-electron chi connectivity index (χ2n) is 10.1. The van der Waals surface area contributed by atoms with E-state index >= 15 is 0 Å². The van der Waals surface area contributed by atoms with Gasteiger partial charge >= 0.3 is 0 Å². The summed E-state index contributed by atoms with van der Waals surface area (Å²) >= 11 is 0. The third kappa shape index (κ3) is 4.03. The minimum Gasteiger partial charge on any atom is -0.379 e. The van der Waals surface area contributed by atoms with Crippen molar-refractivity contribution < 1.29 is 13.2 Å². The molecule has 5 nitrogen and oxygen atoms in total. The van der Waals surface area contributed by atoms with E-state index in [1.54, 1.807) is 10.4 Å². The number of sulfonamides is 1. The second kappa shape index (κ2) is 8.56. The van der Waals surface area contributed by atoms with Crippen LogP contribution < -0.4 is 0 Å². The predicted octanol–water partition coefficient (Wildman–Crippen LogP) is 4.16. The van der Waals surface area contributed by atoms with Crippen LogP contribution in [0.5, 0.6) is 0 Å². The molecule has 6 rings (SSSR count). The third-order valence-corrected chi connectivity index (χ3v) is 9.91. The summed E-state index contributed by atoms with van der Waals surface area (Å²) in [6.07, 6.45) is 4.60. The Hall–Kier alpha value is -1.73. The van der Waals surface area contributed by atoms with Crippen LogP contribution in [0, 0.1) is 17.3 Å². The largest absolute Gasteiger partial charge is 0.379 e. The Morgan fingerprint density at radius 2 is 1.84 bits per heavy atom. The van der Waals surface area contributed by atoms with Crippen LogP contribution in [-0.2, 0) is 14.8 Å². The van der Waals surface area contributed by atoms with Crippen LogP contribution >= 0.6 is 0 Å². The fourth-order valence-electron chi connectivity index (χ4n) is 5.70. The van der Waals surface area contributed by atoms with Crippen molar-refractivity contribution in [1.82, 2.24) is 9.21 Å². The highest BCUT2D eigenvalue weighted by Gasteiger charge is 2.51. The standard InChI is InChI=1S/C26H34N2O3S/c1-26(2)23-9-7-22(25(26)18-23)19-28(12-11-27-13-15-31-16-14-27)32(29,30)24-10-8-20-5-3-4-6-21(20)17-24/h3-8,10,17,23,25H,9,11-16,18-19H2,1-2H3. The molecule has 2 fully saturated rings. The van der Waals surface area contributed by atoms with Crippen LogP contribution in [0.15, 0.2) is 59.0 Å². The first-order valence-electron chi connectivity index (χ1n) is 11.8. The molecule has 172 valence electrons. The van der Waals surface area contributed by atoms with E-state index in [1.165, 1.54) is 12.0 Å². The predicted molar refractivity (Wildman–Crippen MR) is 128 cm³/mol. The Labute approximate surface area is 192 Å². The van der Waals surface area contributed by atoms with Gasteiger partial charge in [-0.15, -0.1) is 0 Å². The number of morpholine rings is 1. The van der Waals surface area contributed by atoms with Crippen molar-refractivity contribution in [2.75, 3.05) is 45.9 Å². The van der Waals surface area contributed by atoms with Crippen molar-refractivity contribution in [3.63, 3.8) is 0 Å². The zero-order chi connectivity index (χ0) is 22.3. The molecule has 2 aromatic rings. The minimum absolute atomic E-state index is 0.284. The van der Waals surface area contributed by atoms with Crippen LogP contribution in [0.2, 0.25) is 0 Å². The lowest BCUT2D eigenvalue weighted by molar-refractivity contribution is -0.00921. The number of hydrogen-bond acceptors (Lipinski definition) is 4. The number of ether oxygens (including phenoxy) is 1. The summed E-state index contributed by atoms with van der Waals surface area (Å²) in [6.45, 7) is 9.60. The van der Waals surface area contributed by atoms with E-state index in [2.05, 4.69) is 24.8 Å². The minimum atomic E-state index is -3.60. The summed E-state index contributed by atoms with van der Waals surface area (Å²) in [4.78, 5) is 2.70. The van der Waals surface area contributed by atoms with Crippen molar-refractivity contribution >= 4 is 20.8 Å². The van der Waals surface area contributed by atoms with Crippen LogP contribution in [0.4, 0.5) is 0 Å². The van der Waals surface area contributed by atoms with Gasteiger partial charge in [0.05, 0.1) is 18.1 Å². The van der Waals surface area contributed by atoms with E-state index in [0.29, 0.717) is 23.9 Å². The summed E-state index contributed by atoms with van der Waals surface area (Å²) < 4.78 is 34.9. The first-order chi connectivity index (χ1) is 15.4. The van der Waals surface area contributed by atoms with Gasteiger partial charge in [-0.2, -0.15) is 4.31 Å². The lowest BCUT2D eigenvalue weighted by Gasteiger charge is -2.57. The molecular formula is C26H34N2O3S. The quantitative estimate of drug-likeness (QED) is 0.590. The molecule has 1 saturated heterocycles. The molecule has 0 spiro atoms. The van der Waals surface area contributed by atoms with E-state index in [-0.39, 0.29) is 5.41 Å². The molecule has 2 aromatic carbocycles. The number of benzene rings is 2. The fourth-order valence-corrected chi connectivity index (χ4v) is 7.15. The Morgan fingerprint density at radius 3 is 2.56 bits per heavy atom. The maximum absolute atomic E-state index is 13.9. The molecule has 0 N–H and O–H groups in total. The smallest absolute Gasteiger partial charge is 0.243 e. The average Bonchev–Trinajstić information content (AvgIpc) is 2.82. The van der Waals surface area contributed by atoms with Gasteiger partial charge in [-0.3, -0.25) is 4.90 Å². The molecule has 3 aliphatic carbocycles. The summed E-state index contributed by atoms with van der Waals surface area (Å²) in [5, 5.41) is 2.02. The molecular weight excluding hydrogens is 420 g/mol. The second-order valence-corrected chi connectivity index (χ2v) is 12.1. The first-order valence-corrected chi connectivity index (χ1v) is 13.3. The van der Waals surface area contributed by atoms with Gasteiger partial charge < -0.3 is 4.74 Å². The van der Waals surface area contributed by atoms with Crippen LogP contribution in [-0.4, -0.2) is 63.6 Å². The Bertz CT molecular complexity index is 1120. The van der Waals surface area contributed by atoms with Crippen molar-refractivity contribution in [1.29, 1.82) is 0 Å². The van der Waals surface area contributed by atoms with Crippen molar-refractivity contribution in [3.8, 4) is 0 Å². The molecule has 2 bridgehead atoms. The number of fused-ring (bicyclic) bond motifs is 2. The molecule has 0 amide bonds. The van der Waals surface area contributed by atoms with Gasteiger partial charge in [-0.25, -0.2) is 8.42 Å². The lowest BCUT2D eigenvalue weighted by Crippen LogP contribution is -2.51. The van der Waals surface area contributed by atoms with E-state index in [4.69, 9.17) is 4.74 Å². The van der Waals surface area contributed by atoms with Gasteiger partial charge in [0.15, 0.2) is 0 Å². The lowest BCUT2D eigenvalue weighted by atomic mass is 9.49. The molecule has 2 atom stereocenters. The number of allylic oxidation sites excluding steroid dienone is 1. The SMILES string of the molecule is CC1(C)C2CC=C(CN(CCN3CCOCC3)S(=O)(=O)c3ccc4ccccc4c3)C1C2. The van der Waals surface area contributed by atoms with E-state index in [0.717, 1.165) is 56.0 Å². The zero-order valence-electron chi connectivity index (χ0n) is 19.2. The maximum Gasteiger partial charge on any atom is 0.243 e. The van der Waals surface area contributed by atoms with Crippen molar-refractivity contribution in [2.45, 2.75) is 31.6 Å². The number of hydrogen-bond donors (Lipinski definition) is 0. The molecule has 1 saturated carbocycles. The molecule has 4 aliphatic rings. The monoisotopic (exact) mass is 454 g/mol. The Kier molecular flexibility index (Phi) is 5.91. The average molecular weight is 455 g/mol. The Morgan fingerprint density at radius 1 is 1.09 bits per heavy atom. The summed E-state index contributed by atoms with van der Waals surface area (Å²) in [5.41, 5.74) is 1.59. The first kappa shape index (κ1) is 22.1. The number of nitrogens with zero attached hydrogens (tertiary/aromatic N) is 2. The van der Waals surface area contributed by atoms with Crippen molar-refractivity contribution in [2.24, 2.45) is 17.3 Å². The topological polar surface area (TPSA) is 49.9 Å². The van der Waals surface area contributed by atoms with E-state index in [9.17, 15) is 8.42 Å². The highest BCUT2D eigenvalue weighted by molar-refractivity contribution is 7.89. The van der Waals surface area contributed by atoms with Gasteiger partial charge in [0.25, 0.3) is 0 Å². The Balaban J connectivity index is 1.42. The van der Waals surface area contributed by atoms with E-state index in [1.807, 2.05) is 36.4 Å². The summed E-state index contributed by atoms with van der Waals surface area (Å²) in [7, 11) is -3.60. The summed E-state index contributed by atoms with van der Waals surface area (Å²) in [5.74, 6) is 1.24. The third-order valence-electron chi connectivity index (χ3n) is 8.07. The number of rotatable bonds is 7. The molecule has 32 heavy (non-hydrogen) atoms. The molecule has 1 heterocycles. The molecule has 1 aliphatic heterocycles.